The third-order valence-corrected chi connectivity index (χ3v) is 6.20. The SMILES string of the molecule is COc1cc(C(c2ccc(-c3ccccc3)cc2)c2cc(C)c(N)c(OC)c2)cc(C)c1N. The third-order valence-electron chi connectivity index (χ3n) is 6.20. The fourth-order valence-electron chi connectivity index (χ4n) is 4.33. The van der Waals surface area contributed by atoms with Crippen LogP contribution in [-0.2, 0) is 0 Å². The van der Waals surface area contributed by atoms with E-state index in [-0.39, 0.29) is 5.92 Å². The smallest absolute Gasteiger partial charge is 0.142 e. The van der Waals surface area contributed by atoms with Gasteiger partial charge in [0.1, 0.15) is 11.5 Å². The molecule has 4 aromatic rings. The maximum Gasteiger partial charge on any atom is 0.142 e. The van der Waals surface area contributed by atoms with Gasteiger partial charge in [-0.2, -0.15) is 0 Å². The van der Waals surface area contributed by atoms with Gasteiger partial charge in [0.25, 0.3) is 0 Å². The molecule has 4 nitrogen and oxygen atoms in total. The summed E-state index contributed by atoms with van der Waals surface area (Å²) in [7, 11) is 3.30. The van der Waals surface area contributed by atoms with Crippen molar-refractivity contribution in [1.82, 2.24) is 0 Å². The van der Waals surface area contributed by atoms with Crippen LogP contribution in [0.1, 0.15) is 33.7 Å². The Hall–Kier alpha value is -3.92. The first-order valence-electron chi connectivity index (χ1n) is 11.0. The van der Waals surface area contributed by atoms with Crippen molar-refractivity contribution in [1.29, 1.82) is 0 Å². The van der Waals surface area contributed by atoms with Gasteiger partial charge in [0.2, 0.25) is 0 Å². The van der Waals surface area contributed by atoms with Gasteiger partial charge in [0.05, 0.1) is 25.6 Å². The van der Waals surface area contributed by atoms with Crippen molar-refractivity contribution in [2.45, 2.75) is 19.8 Å². The highest BCUT2D eigenvalue weighted by Gasteiger charge is 2.22. The molecular weight excluding hydrogens is 408 g/mol. The van der Waals surface area contributed by atoms with Crippen LogP contribution < -0.4 is 20.9 Å². The molecule has 0 spiro atoms. The molecule has 0 radical (unpaired) electrons. The van der Waals surface area contributed by atoms with Gasteiger partial charge in [-0.15, -0.1) is 0 Å². The van der Waals surface area contributed by atoms with Gasteiger partial charge in [-0.3, -0.25) is 0 Å². The normalized spacial score (nSPS) is 10.9. The van der Waals surface area contributed by atoms with E-state index in [2.05, 4.69) is 60.7 Å². The van der Waals surface area contributed by atoms with Gasteiger partial charge >= 0.3 is 0 Å². The van der Waals surface area contributed by atoms with E-state index in [9.17, 15) is 0 Å². The summed E-state index contributed by atoms with van der Waals surface area (Å²) < 4.78 is 11.2. The molecule has 0 bridgehead atoms. The van der Waals surface area contributed by atoms with Crippen molar-refractivity contribution in [3.05, 3.63) is 107 Å². The molecule has 4 aromatic carbocycles. The predicted molar refractivity (Wildman–Crippen MR) is 137 cm³/mol. The molecule has 168 valence electrons. The summed E-state index contributed by atoms with van der Waals surface area (Å²) in [6, 6.07) is 27.4. The van der Waals surface area contributed by atoms with Crippen LogP contribution in [0.15, 0.2) is 78.9 Å². The molecule has 0 amide bonds. The Morgan fingerprint density at radius 1 is 0.576 bits per heavy atom. The third kappa shape index (κ3) is 4.37. The number of rotatable bonds is 6. The van der Waals surface area contributed by atoms with E-state index in [4.69, 9.17) is 20.9 Å². The van der Waals surface area contributed by atoms with Crippen LogP contribution in [0.3, 0.4) is 0 Å². The Morgan fingerprint density at radius 3 is 1.48 bits per heavy atom. The Kier molecular flexibility index (Phi) is 6.27. The van der Waals surface area contributed by atoms with E-state index in [0.29, 0.717) is 22.9 Å². The molecule has 0 fully saturated rings. The minimum Gasteiger partial charge on any atom is -0.495 e. The van der Waals surface area contributed by atoms with E-state index >= 15 is 0 Å². The van der Waals surface area contributed by atoms with Crippen LogP contribution in [0.25, 0.3) is 11.1 Å². The first-order valence-corrected chi connectivity index (χ1v) is 11.0. The molecule has 0 aliphatic heterocycles. The van der Waals surface area contributed by atoms with Crippen molar-refractivity contribution < 1.29 is 9.47 Å². The topological polar surface area (TPSA) is 70.5 Å². The lowest BCUT2D eigenvalue weighted by atomic mass is 9.83. The zero-order valence-corrected chi connectivity index (χ0v) is 19.6. The molecule has 0 saturated heterocycles. The summed E-state index contributed by atoms with van der Waals surface area (Å²) in [5, 5.41) is 0. The van der Waals surface area contributed by atoms with Crippen molar-refractivity contribution in [3.8, 4) is 22.6 Å². The van der Waals surface area contributed by atoms with E-state index < -0.39 is 0 Å². The molecule has 0 unspecified atom stereocenters. The number of ether oxygens (including phenoxy) is 2. The molecule has 33 heavy (non-hydrogen) atoms. The van der Waals surface area contributed by atoms with Crippen LogP contribution in [0.5, 0.6) is 11.5 Å². The fraction of sp³-hybridized carbons (Fsp3) is 0.172. The molecule has 4 heteroatoms. The second-order valence-corrected chi connectivity index (χ2v) is 8.33. The number of methoxy groups -OCH3 is 2. The van der Waals surface area contributed by atoms with Crippen LogP contribution >= 0.6 is 0 Å². The van der Waals surface area contributed by atoms with Crippen molar-refractivity contribution in [2.24, 2.45) is 0 Å². The predicted octanol–water partition coefficient (Wildman–Crippen LogP) is 6.33. The van der Waals surface area contributed by atoms with E-state index in [1.165, 1.54) is 11.1 Å². The number of benzene rings is 4. The Balaban J connectivity index is 1.89. The van der Waals surface area contributed by atoms with Gasteiger partial charge in [0, 0.05) is 5.92 Å². The lowest BCUT2D eigenvalue weighted by Crippen LogP contribution is -2.08. The average Bonchev–Trinajstić information content (AvgIpc) is 2.84. The Morgan fingerprint density at radius 2 is 1.03 bits per heavy atom. The molecule has 0 atom stereocenters. The fourth-order valence-corrected chi connectivity index (χ4v) is 4.33. The van der Waals surface area contributed by atoms with E-state index in [1.807, 2.05) is 32.0 Å². The van der Waals surface area contributed by atoms with Crippen molar-refractivity contribution in [3.63, 3.8) is 0 Å². The van der Waals surface area contributed by atoms with Crippen molar-refractivity contribution >= 4 is 11.4 Å². The summed E-state index contributed by atoms with van der Waals surface area (Å²) in [5.41, 5.74) is 21.5. The van der Waals surface area contributed by atoms with Crippen LogP contribution in [0.4, 0.5) is 11.4 Å². The summed E-state index contributed by atoms with van der Waals surface area (Å²) in [4.78, 5) is 0. The molecule has 0 saturated carbocycles. The van der Waals surface area contributed by atoms with Crippen LogP contribution in [0.2, 0.25) is 0 Å². The molecule has 0 aliphatic carbocycles. The second-order valence-electron chi connectivity index (χ2n) is 8.33. The number of hydrogen-bond donors (Lipinski definition) is 2. The Labute approximate surface area is 195 Å². The van der Waals surface area contributed by atoms with Gasteiger partial charge in [0.15, 0.2) is 0 Å². The molecule has 0 aliphatic rings. The van der Waals surface area contributed by atoms with Gasteiger partial charge in [-0.25, -0.2) is 0 Å². The monoisotopic (exact) mass is 438 g/mol. The molecular formula is C29H30N2O2. The maximum atomic E-state index is 6.25. The lowest BCUT2D eigenvalue weighted by molar-refractivity contribution is 0.415. The zero-order valence-electron chi connectivity index (χ0n) is 19.6. The molecule has 4 N–H and O–H groups in total. The number of aryl methyl sites for hydroxylation is 2. The minimum absolute atomic E-state index is 0.0452. The van der Waals surface area contributed by atoms with Crippen molar-refractivity contribution in [2.75, 3.05) is 25.7 Å². The van der Waals surface area contributed by atoms with Crippen LogP contribution in [0, 0.1) is 13.8 Å². The van der Waals surface area contributed by atoms with Gasteiger partial charge in [-0.1, -0.05) is 66.7 Å². The highest BCUT2D eigenvalue weighted by molar-refractivity contribution is 5.67. The summed E-state index contributed by atoms with van der Waals surface area (Å²) in [6.45, 7) is 4.01. The number of anilines is 2. The molecule has 4 rings (SSSR count). The highest BCUT2D eigenvalue weighted by Crippen LogP contribution is 2.40. The lowest BCUT2D eigenvalue weighted by Gasteiger charge is -2.23. The average molecular weight is 439 g/mol. The van der Waals surface area contributed by atoms with E-state index in [1.54, 1.807) is 14.2 Å². The van der Waals surface area contributed by atoms with Gasteiger partial charge < -0.3 is 20.9 Å². The summed E-state index contributed by atoms with van der Waals surface area (Å²) in [5.74, 6) is 1.31. The second kappa shape index (κ2) is 9.29. The minimum atomic E-state index is -0.0452. The standard InChI is InChI=1S/C29H30N2O2/c1-18-14-23(16-25(32-3)28(18)30)27(24-15-19(2)29(31)26(17-24)33-4)22-12-10-21(11-13-22)20-8-6-5-7-9-20/h5-17,27H,30-31H2,1-4H3. The Bertz CT molecular complexity index is 1210. The largest absolute Gasteiger partial charge is 0.495 e. The summed E-state index contributed by atoms with van der Waals surface area (Å²) in [6.07, 6.45) is 0. The van der Waals surface area contributed by atoms with Gasteiger partial charge in [-0.05, 0) is 64.9 Å². The van der Waals surface area contributed by atoms with E-state index in [0.717, 1.165) is 27.8 Å². The molecule has 0 heterocycles. The van der Waals surface area contributed by atoms with Crippen LogP contribution in [-0.4, -0.2) is 14.2 Å². The first-order chi connectivity index (χ1) is 15.9. The summed E-state index contributed by atoms with van der Waals surface area (Å²) >= 11 is 0. The highest BCUT2D eigenvalue weighted by atomic mass is 16.5. The molecule has 0 aromatic heterocycles. The number of nitrogen functional groups attached to an aromatic ring is 2. The zero-order chi connectivity index (χ0) is 23.5. The number of hydrogen-bond acceptors (Lipinski definition) is 4. The maximum absolute atomic E-state index is 6.25. The quantitative estimate of drug-likeness (QED) is 0.272. The number of nitrogens with two attached hydrogens (primary N) is 2. The first kappa shape index (κ1) is 22.3.